The highest BCUT2D eigenvalue weighted by Gasteiger charge is 2.27. The van der Waals surface area contributed by atoms with Crippen LogP contribution in [0.25, 0.3) is 0 Å². The molecule has 0 aromatic heterocycles. The van der Waals surface area contributed by atoms with Crippen molar-refractivity contribution in [1.29, 1.82) is 5.26 Å². The summed E-state index contributed by atoms with van der Waals surface area (Å²) in [6.45, 7) is 6.91. The summed E-state index contributed by atoms with van der Waals surface area (Å²) < 4.78 is 0. The molecule has 1 N–H and O–H groups in total. The van der Waals surface area contributed by atoms with E-state index in [9.17, 15) is 4.79 Å². The van der Waals surface area contributed by atoms with Crippen molar-refractivity contribution in [2.24, 2.45) is 0 Å². The van der Waals surface area contributed by atoms with Gasteiger partial charge in [0, 0.05) is 31.4 Å². The number of rotatable bonds is 3. The summed E-state index contributed by atoms with van der Waals surface area (Å²) in [5.74, 6) is -0.00328. The first kappa shape index (κ1) is 15.5. The molecular weight excluding hydrogens is 264 g/mol. The number of nitriles is 1. The van der Waals surface area contributed by atoms with E-state index >= 15 is 0 Å². The van der Waals surface area contributed by atoms with E-state index in [1.807, 2.05) is 6.92 Å². The van der Waals surface area contributed by atoms with Crippen molar-refractivity contribution in [3.05, 3.63) is 29.8 Å². The fourth-order valence-electron chi connectivity index (χ4n) is 2.47. The number of nitrogens with one attached hydrogen (secondary N) is 1. The van der Waals surface area contributed by atoms with Crippen molar-refractivity contribution < 1.29 is 4.79 Å². The average Bonchev–Trinajstić information content (AvgIpc) is 2.50. The van der Waals surface area contributed by atoms with Gasteiger partial charge in [-0.05, 0) is 45.2 Å². The van der Waals surface area contributed by atoms with Crippen LogP contribution in [0.2, 0.25) is 0 Å². The van der Waals surface area contributed by atoms with Gasteiger partial charge in [0.1, 0.15) is 0 Å². The lowest BCUT2D eigenvalue weighted by Gasteiger charge is -2.40. The van der Waals surface area contributed by atoms with E-state index in [1.54, 1.807) is 24.3 Å². The molecule has 5 nitrogen and oxygen atoms in total. The largest absolute Gasteiger partial charge is 0.325 e. The van der Waals surface area contributed by atoms with Crippen LogP contribution in [0, 0.1) is 11.3 Å². The van der Waals surface area contributed by atoms with Gasteiger partial charge >= 0.3 is 0 Å². The Bertz CT molecular complexity index is 534. The number of amides is 1. The fraction of sp³-hybridized carbons (Fsp3) is 0.500. The van der Waals surface area contributed by atoms with E-state index in [0.717, 1.165) is 25.3 Å². The van der Waals surface area contributed by atoms with Crippen LogP contribution in [0.5, 0.6) is 0 Å². The molecule has 5 heteroatoms. The summed E-state index contributed by atoms with van der Waals surface area (Å²) in [5.41, 5.74) is 1.32. The lowest BCUT2D eigenvalue weighted by Crippen LogP contribution is -2.55. The number of anilines is 1. The summed E-state index contributed by atoms with van der Waals surface area (Å²) in [6, 6.07) is 9.30. The highest BCUT2D eigenvalue weighted by atomic mass is 16.2. The Kier molecular flexibility index (Phi) is 4.94. The zero-order chi connectivity index (χ0) is 15.4. The van der Waals surface area contributed by atoms with Gasteiger partial charge in [-0.3, -0.25) is 9.69 Å². The molecule has 0 spiro atoms. The van der Waals surface area contributed by atoms with Crippen LogP contribution in [-0.4, -0.2) is 54.5 Å². The van der Waals surface area contributed by atoms with Crippen LogP contribution < -0.4 is 5.32 Å². The predicted molar refractivity (Wildman–Crippen MR) is 82.9 cm³/mol. The first-order valence-corrected chi connectivity index (χ1v) is 7.26. The Hall–Kier alpha value is -1.90. The second-order valence-electron chi connectivity index (χ2n) is 5.68. The third-order valence-electron chi connectivity index (χ3n) is 4.20. The summed E-state index contributed by atoms with van der Waals surface area (Å²) in [7, 11) is 2.11. The Morgan fingerprint density at radius 1 is 1.38 bits per heavy atom. The van der Waals surface area contributed by atoms with Crippen molar-refractivity contribution in [1.82, 2.24) is 9.80 Å². The molecule has 2 atom stereocenters. The molecule has 1 aromatic carbocycles. The summed E-state index contributed by atoms with van der Waals surface area (Å²) >= 11 is 0. The van der Waals surface area contributed by atoms with Crippen LogP contribution in [0.15, 0.2) is 24.3 Å². The zero-order valence-electron chi connectivity index (χ0n) is 12.8. The first-order valence-electron chi connectivity index (χ1n) is 7.26. The van der Waals surface area contributed by atoms with Gasteiger partial charge in [-0.15, -0.1) is 0 Å². The Labute approximate surface area is 126 Å². The van der Waals surface area contributed by atoms with E-state index in [-0.39, 0.29) is 11.9 Å². The smallest absolute Gasteiger partial charge is 0.241 e. The predicted octanol–water partition coefficient (Wildman–Crippen LogP) is 1.52. The van der Waals surface area contributed by atoms with Crippen molar-refractivity contribution in [3.8, 4) is 6.07 Å². The number of benzene rings is 1. The lowest BCUT2D eigenvalue weighted by atomic mass is 10.1. The van der Waals surface area contributed by atoms with Gasteiger partial charge in [-0.1, -0.05) is 0 Å². The molecule has 112 valence electrons. The monoisotopic (exact) mass is 286 g/mol. The van der Waals surface area contributed by atoms with Gasteiger partial charge in [0.2, 0.25) is 5.91 Å². The molecular formula is C16H22N4O. The van der Waals surface area contributed by atoms with E-state index in [1.165, 1.54) is 0 Å². The third kappa shape index (κ3) is 3.81. The van der Waals surface area contributed by atoms with Gasteiger partial charge < -0.3 is 10.2 Å². The first-order chi connectivity index (χ1) is 10.0. The van der Waals surface area contributed by atoms with Crippen molar-refractivity contribution in [2.75, 3.05) is 32.0 Å². The van der Waals surface area contributed by atoms with Crippen molar-refractivity contribution >= 4 is 11.6 Å². The maximum absolute atomic E-state index is 12.3. The molecule has 0 radical (unpaired) electrons. The van der Waals surface area contributed by atoms with E-state index in [4.69, 9.17) is 5.26 Å². The maximum Gasteiger partial charge on any atom is 0.241 e. The van der Waals surface area contributed by atoms with Gasteiger partial charge in [-0.25, -0.2) is 0 Å². The number of hydrogen-bond acceptors (Lipinski definition) is 4. The molecule has 2 rings (SSSR count). The minimum Gasteiger partial charge on any atom is -0.325 e. The van der Waals surface area contributed by atoms with Crippen LogP contribution in [0.3, 0.4) is 0 Å². The van der Waals surface area contributed by atoms with Crippen LogP contribution >= 0.6 is 0 Å². The number of nitrogens with zero attached hydrogens (tertiary/aromatic N) is 3. The number of hydrogen-bond donors (Lipinski definition) is 1. The summed E-state index contributed by atoms with van der Waals surface area (Å²) in [5, 5.41) is 11.7. The lowest BCUT2D eigenvalue weighted by molar-refractivity contribution is -0.121. The molecule has 1 aliphatic rings. The zero-order valence-corrected chi connectivity index (χ0v) is 12.8. The Balaban J connectivity index is 1.94. The van der Waals surface area contributed by atoms with Crippen LogP contribution in [-0.2, 0) is 4.79 Å². The second-order valence-corrected chi connectivity index (χ2v) is 5.68. The Morgan fingerprint density at radius 2 is 2.05 bits per heavy atom. The topological polar surface area (TPSA) is 59.4 Å². The molecule has 1 heterocycles. The molecule has 21 heavy (non-hydrogen) atoms. The number of carbonyl (C=O) groups excluding carboxylic acids is 1. The van der Waals surface area contributed by atoms with Gasteiger partial charge in [0.25, 0.3) is 0 Å². The van der Waals surface area contributed by atoms with Gasteiger partial charge in [-0.2, -0.15) is 5.26 Å². The molecule has 0 bridgehead atoms. The highest BCUT2D eigenvalue weighted by Crippen LogP contribution is 2.13. The van der Waals surface area contributed by atoms with E-state index in [2.05, 4.69) is 35.2 Å². The third-order valence-corrected chi connectivity index (χ3v) is 4.20. The van der Waals surface area contributed by atoms with Gasteiger partial charge in [0.05, 0.1) is 17.7 Å². The average molecular weight is 286 g/mol. The normalized spacial score (nSPS) is 21.5. The molecule has 1 aliphatic heterocycles. The van der Waals surface area contributed by atoms with Crippen LogP contribution in [0.4, 0.5) is 5.69 Å². The number of carbonyl (C=O) groups is 1. The quantitative estimate of drug-likeness (QED) is 0.915. The SMILES string of the molecule is CC1CN(C(C)C(=O)Nc2ccc(C#N)cc2)CCN1C. The molecule has 0 saturated carbocycles. The molecule has 1 aromatic rings. The fourth-order valence-corrected chi connectivity index (χ4v) is 2.47. The minimum absolute atomic E-state index is 0.00328. The second kappa shape index (κ2) is 6.70. The molecule has 2 unspecified atom stereocenters. The minimum atomic E-state index is -0.156. The summed E-state index contributed by atoms with van der Waals surface area (Å²) in [6.07, 6.45) is 0. The van der Waals surface area contributed by atoms with Crippen molar-refractivity contribution in [3.63, 3.8) is 0 Å². The van der Waals surface area contributed by atoms with E-state index in [0.29, 0.717) is 11.6 Å². The Morgan fingerprint density at radius 3 is 2.62 bits per heavy atom. The van der Waals surface area contributed by atoms with E-state index < -0.39 is 0 Å². The van der Waals surface area contributed by atoms with Gasteiger partial charge in [0.15, 0.2) is 0 Å². The molecule has 0 aliphatic carbocycles. The highest BCUT2D eigenvalue weighted by molar-refractivity contribution is 5.94. The summed E-state index contributed by atoms with van der Waals surface area (Å²) in [4.78, 5) is 16.8. The standard InChI is InChI=1S/C16H22N4O/c1-12-11-20(9-8-19(12)3)13(2)16(21)18-15-6-4-14(10-17)5-7-15/h4-7,12-13H,8-9,11H2,1-3H3,(H,18,21). The number of piperazine rings is 1. The number of likely N-dealkylation sites (N-methyl/N-ethyl adjacent to an activating group) is 1. The molecule has 1 saturated heterocycles. The molecule has 1 fully saturated rings. The van der Waals surface area contributed by atoms with Crippen LogP contribution in [0.1, 0.15) is 19.4 Å². The maximum atomic E-state index is 12.3. The van der Waals surface area contributed by atoms with Crippen molar-refractivity contribution in [2.45, 2.75) is 25.9 Å². The molecule has 1 amide bonds.